The summed E-state index contributed by atoms with van der Waals surface area (Å²) < 4.78 is 12.1. The van der Waals surface area contributed by atoms with E-state index >= 15 is 0 Å². The molecule has 3 aromatic rings. The average Bonchev–Trinajstić information content (AvgIpc) is 2.61. The highest BCUT2D eigenvalue weighted by atomic mass is 32.2. The molecule has 3 rings (SSSR count). The molecule has 0 aliphatic carbocycles. The van der Waals surface area contributed by atoms with Crippen molar-refractivity contribution < 1.29 is 4.21 Å². The smallest absolute Gasteiger partial charge is 0.0504 e. The summed E-state index contributed by atoms with van der Waals surface area (Å²) in [4.78, 5) is 0.860. The van der Waals surface area contributed by atoms with Crippen LogP contribution in [0.25, 0.3) is 11.6 Å². The van der Waals surface area contributed by atoms with Crippen LogP contribution in [0.4, 0.5) is 0 Å². The number of hydrogen-bond acceptors (Lipinski definition) is 1. The topological polar surface area (TPSA) is 17.1 Å². The lowest BCUT2D eigenvalue weighted by Gasteiger charge is -2.12. The first-order valence-corrected chi connectivity index (χ1v) is 9.06. The fraction of sp³-hybridized carbons (Fsp3) is 0.0476. The standard InChI is InChI=1S/C21H18OS/c1-23(22)21-15-9-8-14-19(21)20(18-12-6-3-7-13-18)16-17-10-4-2-5-11-17/h2-16H,1H3/b20-16+. The van der Waals surface area contributed by atoms with Crippen molar-refractivity contribution in [2.45, 2.75) is 4.90 Å². The van der Waals surface area contributed by atoms with Crippen LogP contribution in [-0.2, 0) is 10.8 Å². The maximum Gasteiger partial charge on any atom is 0.0504 e. The fourth-order valence-corrected chi connectivity index (χ4v) is 3.35. The van der Waals surface area contributed by atoms with Gasteiger partial charge in [-0.25, -0.2) is 0 Å². The van der Waals surface area contributed by atoms with Crippen LogP contribution >= 0.6 is 0 Å². The molecule has 0 saturated heterocycles. The van der Waals surface area contributed by atoms with Crippen molar-refractivity contribution in [2.75, 3.05) is 6.26 Å². The molecule has 0 aliphatic heterocycles. The first-order valence-electron chi connectivity index (χ1n) is 7.51. The quantitative estimate of drug-likeness (QED) is 0.618. The molecule has 3 aromatic carbocycles. The number of hydrogen-bond donors (Lipinski definition) is 0. The minimum Gasteiger partial charge on any atom is -0.255 e. The molecule has 0 aliphatic rings. The lowest BCUT2D eigenvalue weighted by molar-refractivity contribution is 0.686. The van der Waals surface area contributed by atoms with Gasteiger partial charge in [-0.2, -0.15) is 0 Å². The summed E-state index contributed by atoms with van der Waals surface area (Å²) in [6, 6.07) is 28.4. The van der Waals surface area contributed by atoms with Crippen LogP contribution in [0.1, 0.15) is 16.7 Å². The Morgan fingerprint density at radius 2 is 1.35 bits per heavy atom. The third-order valence-electron chi connectivity index (χ3n) is 3.68. The molecule has 0 fully saturated rings. The summed E-state index contributed by atoms with van der Waals surface area (Å²) in [6.45, 7) is 0. The lowest BCUT2D eigenvalue weighted by atomic mass is 9.95. The van der Waals surface area contributed by atoms with E-state index < -0.39 is 10.8 Å². The molecule has 23 heavy (non-hydrogen) atoms. The van der Waals surface area contributed by atoms with Gasteiger partial charge in [0.2, 0.25) is 0 Å². The third kappa shape index (κ3) is 3.66. The molecule has 0 N–H and O–H groups in total. The Kier molecular flexibility index (Phi) is 4.84. The predicted octanol–water partition coefficient (Wildman–Crippen LogP) is 5.01. The molecule has 1 nitrogen and oxygen atoms in total. The zero-order valence-electron chi connectivity index (χ0n) is 13.0. The largest absolute Gasteiger partial charge is 0.255 e. The molecular weight excluding hydrogens is 300 g/mol. The van der Waals surface area contributed by atoms with E-state index in [2.05, 4.69) is 30.3 Å². The summed E-state index contributed by atoms with van der Waals surface area (Å²) in [7, 11) is -1.03. The normalized spacial score (nSPS) is 12.8. The molecule has 0 amide bonds. The second-order valence-electron chi connectivity index (χ2n) is 5.29. The van der Waals surface area contributed by atoms with Gasteiger partial charge in [-0.3, -0.25) is 4.21 Å². The second kappa shape index (κ2) is 7.21. The second-order valence-corrected chi connectivity index (χ2v) is 6.63. The first kappa shape index (κ1) is 15.4. The van der Waals surface area contributed by atoms with E-state index in [0.29, 0.717) is 0 Å². The zero-order valence-corrected chi connectivity index (χ0v) is 13.8. The molecular formula is C21H18OS. The summed E-state index contributed by atoms with van der Waals surface area (Å²) in [6.07, 6.45) is 3.88. The Morgan fingerprint density at radius 3 is 2.00 bits per heavy atom. The van der Waals surface area contributed by atoms with Gasteiger partial charge in [-0.15, -0.1) is 0 Å². The molecule has 0 saturated carbocycles. The molecule has 1 atom stereocenters. The summed E-state index contributed by atoms with van der Waals surface area (Å²) in [5.74, 6) is 0. The molecule has 2 heteroatoms. The highest BCUT2D eigenvalue weighted by Gasteiger charge is 2.12. The third-order valence-corrected chi connectivity index (χ3v) is 4.66. The van der Waals surface area contributed by atoms with Gasteiger partial charge in [-0.05, 0) is 34.4 Å². The van der Waals surface area contributed by atoms with Crippen LogP contribution in [0.5, 0.6) is 0 Å². The molecule has 1 unspecified atom stereocenters. The van der Waals surface area contributed by atoms with Crippen molar-refractivity contribution in [2.24, 2.45) is 0 Å². The van der Waals surface area contributed by atoms with Crippen LogP contribution < -0.4 is 0 Å². The summed E-state index contributed by atoms with van der Waals surface area (Å²) in [5.41, 5.74) is 4.35. The summed E-state index contributed by atoms with van der Waals surface area (Å²) in [5, 5.41) is 0. The SMILES string of the molecule is CS(=O)c1ccccc1/C(=C/c1ccccc1)c1ccccc1. The van der Waals surface area contributed by atoms with Gasteiger partial charge in [0.05, 0.1) is 10.8 Å². The highest BCUT2D eigenvalue weighted by Crippen LogP contribution is 2.30. The fourth-order valence-electron chi connectivity index (χ4n) is 2.59. The Morgan fingerprint density at radius 1 is 0.783 bits per heavy atom. The van der Waals surface area contributed by atoms with Crippen molar-refractivity contribution in [1.82, 2.24) is 0 Å². The summed E-state index contributed by atoms with van der Waals surface area (Å²) >= 11 is 0. The van der Waals surface area contributed by atoms with Gasteiger partial charge in [0.1, 0.15) is 0 Å². The van der Waals surface area contributed by atoms with Gasteiger partial charge in [0, 0.05) is 11.2 Å². The van der Waals surface area contributed by atoms with Gasteiger partial charge in [-0.1, -0.05) is 78.9 Å². The van der Waals surface area contributed by atoms with Gasteiger partial charge < -0.3 is 0 Å². The van der Waals surface area contributed by atoms with E-state index in [0.717, 1.165) is 27.2 Å². The van der Waals surface area contributed by atoms with Crippen molar-refractivity contribution in [3.63, 3.8) is 0 Å². The maximum atomic E-state index is 12.1. The van der Waals surface area contributed by atoms with Crippen LogP contribution in [0.2, 0.25) is 0 Å². The highest BCUT2D eigenvalue weighted by molar-refractivity contribution is 7.84. The Bertz CT molecular complexity index is 836. The molecule has 0 radical (unpaired) electrons. The maximum absolute atomic E-state index is 12.1. The van der Waals surface area contributed by atoms with Crippen molar-refractivity contribution >= 4 is 22.4 Å². The van der Waals surface area contributed by atoms with Gasteiger partial charge in [0.25, 0.3) is 0 Å². The van der Waals surface area contributed by atoms with Gasteiger partial charge in [0.15, 0.2) is 0 Å². The van der Waals surface area contributed by atoms with E-state index in [1.165, 1.54) is 0 Å². The van der Waals surface area contributed by atoms with Crippen LogP contribution in [0.15, 0.2) is 89.8 Å². The Labute approximate surface area is 139 Å². The first-order chi connectivity index (χ1) is 11.3. The molecule has 0 heterocycles. The lowest BCUT2D eigenvalue weighted by Crippen LogP contribution is -1.97. The Hall–Kier alpha value is -2.45. The molecule has 0 spiro atoms. The minimum atomic E-state index is -1.03. The minimum absolute atomic E-state index is 0.860. The van der Waals surface area contributed by atoms with Crippen LogP contribution in [0, 0.1) is 0 Å². The van der Waals surface area contributed by atoms with E-state index in [-0.39, 0.29) is 0 Å². The number of benzene rings is 3. The van der Waals surface area contributed by atoms with Gasteiger partial charge >= 0.3 is 0 Å². The van der Waals surface area contributed by atoms with Crippen molar-refractivity contribution in [3.8, 4) is 0 Å². The van der Waals surface area contributed by atoms with Crippen molar-refractivity contribution in [3.05, 3.63) is 102 Å². The molecule has 114 valence electrons. The van der Waals surface area contributed by atoms with E-state index in [1.807, 2.05) is 60.7 Å². The number of rotatable bonds is 4. The Balaban J connectivity index is 2.22. The van der Waals surface area contributed by atoms with E-state index in [4.69, 9.17) is 0 Å². The monoisotopic (exact) mass is 318 g/mol. The van der Waals surface area contributed by atoms with E-state index in [1.54, 1.807) is 6.26 Å². The molecule has 0 bridgehead atoms. The zero-order chi connectivity index (χ0) is 16.1. The predicted molar refractivity (Wildman–Crippen MR) is 98.6 cm³/mol. The van der Waals surface area contributed by atoms with Crippen molar-refractivity contribution in [1.29, 1.82) is 0 Å². The van der Waals surface area contributed by atoms with Crippen LogP contribution in [0.3, 0.4) is 0 Å². The molecule has 0 aromatic heterocycles. The average molecular weight is 318 g/mol. The van der Waals surface area contributed by atoms with E-state index in [9.17, 15) is 4.21 Å². The van der Waals surface area contributed by atoms with Crippen LogP contribution in [-0.4, -0.2) is 10.5 Å².